The first-order valence-corrected chi connectivity index (χ1v) is 6.71. The SMILES string of the molecule is CCNC(C)c1nnnn1CCc1cccs1. The number of thiophene rings is 1. The smallest absolute Gasteiger partial charge is 0.167 e. The number of hydrogen-bond donors (Lipinski definition) is 1. The fourth-order valence-corrected chi connectivity index (χ4v) is 2.45. The van der Waals surface area contributed by atoms with Crippen LogP contribution in [0.3, 0.4) is 0 Å². The van der Waals surface area contributed by atoms with Gasteiger partial charge in [-0.1, -0.05) is 13.0 Å². The van der Waals surface area contributed by atoms with E-state index < -0.39 is 0 Å². The van der Waals surface area contributed by atoms with E-state index in [0.29, 0.717) is 0 Å². The topological polar surface area (TPSA) is 55.6 Å². The summed E-state index contributed by atoms with van der Waals surface area (Å²) in [5.74, 6) is 0.906. The van der Waals surface area contributed by atoms with E-state index in [1.165, 1.54) is 4.88 Å². The molecule has 0 radical (unpaired) electrons. The fourth-order valence-electron chi connectivity index (χ4n) is 1.75. The van der Waals surface area contributed by atoms with E-state index in [4.69, 9.17) is 0 Å². The first-order chi connectivity index (χ1) is 8.31. The Bertz CT molecular complexity index is 436. The molecule has 0 aliphatic carbocycles. The number of hydrogen-bond acceptors (Lipinski definition) is 5. The summed E-state index contributed by atoms with van der Waals surface area (Å²) in [4.78, 5) is 1.36. The lowest BCUT2D eigenvalue weighted by atomic mass is 10.3. The number of aromatic nitrogens is 4. The predicted molar refractivity (Wildman–Crippen MR) is 67.9 cm³/mol. The van der Waals surface area contributed by atoms with E-state index in [1.807, 2.05) is 4.68 Å². The van der Waals surface area contributed by atoms with Gasteiger partial charge in [-0.2, -0.15) is 0 Å². The highest BCUT2D eigenvalue weighted by Crippen LogP contribution is 2.12. The molecule has 0 aliphatic heterocycles. The van der Waals surface area contributed by atoms with Gasteiger partial charge in [-0.15, -0.1) is 16.4 Å². The molecule has 5 nitrogen and oxygen atoms in total. The van der Waals surface area contributed by atoms with Gasteiger partial charge in [0.25, 0.3) is 0 Å². The molecule has 6 heteroatoms. The third-order valence-electron chi connectivity index (χ3n) is 2.61. The number of nitrogens with one attached hydrogen (secondary N) is 1. The van der Waals surface area contributed by atoms with Crippen LogP contribution < -0.4 is 5.32 Å². The van der Waals surface area contributed by atoms with Crippen molar-refractivity contribution >= 4 is 11.3 Å². The van der Waals surface area contributed by atoms with Gasteiger partial charge < -0.3 is 5.32 Å². The zero-order valence-corrected chi connectivity index (χ0v) is 10.9. The molecule has 1 unspecified atom stereocenters. The molecule has 2 aromatic rings. The van der Waals surface area contributed by atoms with E-state index >= 15 is 0 Å². The lowest BCUT2D eigenvalue weighted by Gasteiger charge is -2.11. The van der Waals surface area contributed by atoms with Gasteiger partial charge in [0.2, 0.25) is 0 Å². The number of aryl methyl sites for hydroxylation is 2. The van der Waals surface area contributed by atoms with Crippen LogP contribution in [0.5, 0.6) is 0 Å². The Morgan fingerprint density at radius 2 is 2.41 bits per heavy atom. The quantitative estimate of drug-likeness (QED) is 0.848. The van der Waals surface area contributed by atoms with Crippen LogP contribution >= 0.6 is 11.3 Å². The molecular weight excluding hydrogens is 234 g/mol. The van der Waals surface area contributed by atoms with Crippen LogP contribution in [-0.2, 0) is 13.0 Å². The molecule has 0 aromatic carbocycles. The Morgan fingerprint density at radius 3 is 3.12 bits per heavy atom. The van der Waals surface area contributed by atoms with Crippen LogP contribution in [0.4, 0.5) is 0 Å². The van der Waals surface area contributed by atoms with Crippen molar-refractivity contribution in [2.75, 3.05) is 6.54 Å². The number of rotatable bonds is 6. The molecule has 0 amide bonds. The largest absolute Gasteiger partial charge is 0.308 e. The van der Waals surface area contributed by atoms with E-state index in [0.717, 1.165) is 25.3 Å². The van der Waals surface area contributed by atoms with Crippen LogP contribution in [0, 0.1) is 0 Å². The molecule has 2 rings (SSSR count). The average molecular weight is 251 g/mol. The summed E-state index contributed by atoms with van der Waals surface area (Å²) in [7, 11) is 0. The van der Waals surface area contributed by atoms with Gasteiger partial charge in [-0.05, 0) is 35.3 Å². The Kier molecular flexibility index (Phi) is 4.22. The zero-order chi connectivity index (χ0) is 12.1. The molecule has 17 heavy (non-hydrogen) atoms. The third kappa shape index (κ3) is 3.10. The lowest BCUT2D eigenvalue weighted by Crippen LogP contribution is -2.22. The molecule has 0 saturated heterocycles. The molecule has 0 spiro atoms. The first-order valence-electron chi connectivity index (χ1n) is 5.83. The maximum absolute atomic E-state index is 4.08. The van der Waals surface area contributed by atoms with Crippen LogP contribution in [0.15, 0.2) is 17.5 Å². The molecular formula is C11H17N5S. The van der Waals surface area contributed by atoms with Crippen LogP contribution in [0.1, 0.15) is 30.6 Å². The standard InChI is InChI=1S/C11H17N5S/c1-3-12-9(2)11-13-14-15-16(11)7-6-10-5-4-8-17-10/h4-5,8-9,12H,3,6-7H2,1-2H3. The number of tetrazole rings is 1. The van der Waals surface area contributed by atoms with Gasteiger partial charge in [-0.3, -0.25) is 0 Å². The lowest BCUT2D eigenvalue weighted by molar-refractivity contribution is 0.496. The maximum atomic E-state index is 4.08. The molecule has 1 N–H and O–H groups in total. The molecule has 1 atom stereocenters. The summed E-state index contributed by atoms with van der Waals surface area (Å²) in [5, 5.41) is 17.3. The summed E-state index contributed by atoms with van der Waals surface area (Å²) >= 11 is 1.77. The molecule has 2 heterocycles. The van der Waals surface area contributed by atoms with Gasteiger partial charge in [0, 0.05) is 17.8 Å². The predicted octanol–water partition coefficient (Wildman–Crippen LogP) is 1.65. The highest BCUT2D eigenvalue weighted by atomic mass is 32.1. The molecule has 0 bridgehead atoms. The highest BCUT2D eigenvalue weighted by Gasteiger charge is 2.13. The van der Waals surface area contributed by atoms with Crippen molar-refractivity contribution in [2.24, 2.45) is 0 Å². The maximum Gasteiger partial charge on any atom is 0.167 e. The second kappa shape index (κ2) is 5.88. The van der Waals surface area contributed by atoms with Crippen molar-refractivity contribution in [3.05, 3.63) is 28.2 Å². The summed E-state index contributed by atoms with van der Waals surface area (Å²) in [6.45, 7) is 5.91. The molecule has 92 valence electrons. The minimum Gasteiger partial charge on any atom is -0.308 e. The Balaban J connectivity index is 1.99. The molecule has 0 aliphatic rings. The number of nitrogens with zero attached hydrogens (tertiary/aromatic N) is 4. The summed E-state index contributed by atoms with van der Waals surface area (Å²) < 4.78 is 1.88. The second-order valence-corrected chi connectivity index (χ2v) is 4.90. The normalized spacial score (nSPS) is 12.8. The molecule has 2 aromatic heterocycles. The Morgan fingerprint density at radius 1 is 1.53 bits per heavy atom. The minimum atomic E-state index is 0.193. The van der Waals surface area contributed by atoms with Gasteiger partial charge in [0.15, 0.2) is 5.82 Å². The van der Waals surface area contributed by atoms with Crippen molar-refractivity contribution in [1.29, 1.82) is 0 Å². The Labute approximate surface area is 105 Å². The van der Waals surface area contributed by atoms with Crippen molar-refractivity contribution in [2.45, 2.75) is 32.9 Å². The van der Waals surface area contributed by atoms with Crippen molar-refractivity contribution in [1.82, 2.24) is 25.5 Å². The van der Waals surface area contributed by atoms with E-state index in [2.05, 4.69) is 52.2 Å². The van der Waals surface area contributed by atoms with Crippen molar-refractivity contribution in [3.63, 3.8) is 0 Å². The monoisotopic (exact) mass is 251 g/mol. The van der Waals surface area contributed by atoms with Gasteiger partial charge >= 0.3 is 0 Å². The average Bonchev–Trinajstić information content (AvgIpc) is 2.98. The van der Waals surface area contributed by atoms with Crippen molar-refractivity contribution < 1.29 is 0 Å². The fraction of sp³-hybridized carbons (Fsp3) is 0.545. The minimum absolute atomic E-state index is 0.193. The molecule has 0 fully saturated rings. The first kappa shape index (κ1) is 12.2. The third-order valence-corrected chi connectivity index (χ3v) is 3.54. The van der Waals surface area contributed by atoms with Crippen LogP contribution in [0.2, 0.25) is 0 Å². The van der Waals surface area contributed by atoms with Gasteiger partial charge in [-0.25, -0.2) is 4.68 Å². The van der Waals surface area contributed by atoms with Crippen molar-refractivity contribution in [3.8, 4) is 0 Å². The summed E-state index contributed by atoms with van der Waals surface area (Å²) in [6, 6.07) is 4.41. The zero-order valence-electron chi connectivity index (χ0n) is 10.1. The van der Waals surface area contributed by atoms with E-state index in [1.54, 1.807) is 11.3 Å². The summed E-state index contributed by atoms with van der Waals surface area (Å²) in [5.41, 5.74) is 0. The second-order valence-electron chi connectivity index (χ2n) is 3.87. The Hall–Kier alpha value is -1.27. The van der Waals surface area contributed by atoms with Gasteiger partial charge in [0.05, 0.1) is 6.04 Å². The molecule has 0 saturated carbocycles. The van der Waals surface area contributed by atoms with Crippen LogP contribution in [-0.4, -0.2) is 26.8 Å². The van der Waals surface area contributed by atoms with E-state index in [9.17, 15) is 0 Å². The highest BCUT2D eigenvalue weighted by molar-refractivity contribution is 7.09. The van der Waals surface area contributed by atoms with Gasteiger partial charge in [0.1, 0.15) is 0 Å². The summed E-state index contributed by atoms with van der Waals surface area (Å²) in [6.07, 6.45) is 0.981. The van der Waals surface area contributed by atoms with Crippen LogP contribution in [0.25, 0.3) is 0 Å². The van der Waals surface area contributed by atoms with E-state index in [-0.39, 0.29) is 6.04 Å².